The predicted octanol–water partition coefficient (Wildman–Crippen LogP) is 2.40. The number of nitrogens with two attached hydrogens (primary N) is 1. The van der Waals surface area contributed by atoms with E-state index in [1.54, 1.807) is 0 Å². The first-order valence-electron chi connectivity index (χ1n) is 7.13. The third-order valence-corrected chi connectivity index (χ3v) is 4.10. The fourth-order valence-corrected chi connectivity index (χ4v) is 2.95. The monoisotopic (exact) mass is 295 g/mol. The van der Waals surface area contributed by atoms with Crippen molar-refractivity contribution >= 4 is 22.9 Å². The number of nitrogens with zero attached hydrogens (tertiary/aromatic N) is 2. The molecule has 5 heteroatoms. The van der Waals surface area contributed by atoms with Crippen LogP contribution < -0.4 is 10.6 Å². The summed E-state index contributed by atoms with van der Waals surface area (Å²) < 4.78 is 12.9. The highest BCUT2D eigenvalue weighted by Crippen LogP contribution is 2.19. The van der Waals surface area contributed by atoms with Crippen LogP contribution in [0.3, 0.4) is 0 Å². The van der Waals surface area contributed by atoms with Crippen LogP contribution in [0.15, 0.2) is 24.3 Å². The Hall–Kier alpha value is -1.20. The average molecular weight is 295 g/mol. The molecule has 2 N–H and O–H groups in total. The van der Waals surface area contributed by atoms with Crippen molar-refractivity contribution in [2.75, 3.05) is 31.1 Å². The van der Waals surface area contributed by atoms with Crippen LogP contribution >= 0.6 is 12.2 Å². The Morgan fingerprint density at radius 3 is 2.35 bits per heavy atom. The van der Waals surface area contributed by atoms with Gasteiger partial charge in [-0.15, -0.1) is 0 Å². The summed E-state index contributed by atoms with van der Waals surface area (Å²) in [5.74, 6) is -0.185. The van der Waals surface area contributed by atoms with Gasteiger partial charge in [-0.2, -0.15) is 0 Å². The van der Waals surface area contributed by atoms with Gasteiger partial charge in [-0.3, -0.25) is 4.90 Å². The quantitative estimate of drug-likeness (QED) is 0.846. The fourth-order valence-electron chi connectivity index (χ4n) is 2.76. The smallest absolute Gasteiger partial charge is 0.123 e. The lowest BCUT2D eigenvalue weighted by molar-refractivity contribution is 0.184. The van der Waals surface area contributed by atoms with E-state index < -0.39 is 0 Å². The molecule has 0 spiro atoms. The number of anilines is 1. The Morgan fingerprint density at radius 1 is 1.25 bits per heavy atom. The molecule has 0 aromatic heterocycles. The minimum atomic E-state index is -0.185. The maximum atomic E-state index is 12.9. The second kappa shape index (κ2) is 6.99. The Morgan fingerprint density at radius 2 is 1.85 bits per heavy atom. The van der Waals surface area contributed by atoms with Crippen molar-refractivity contribution in [1.29, 1.82) is 0 Å². The number of hydrogen-bond donors (Lipinski definition) is 1. The van der Waals surface area contributed by atoms with E-state index in [0.29, 0.717) is 11.0 Å². The molecule has 110 valence electrons. The highest BCUT2D eigenvalue weighted by molar-refractivity contribution is 7.80. The summed E-state index contributed by atoms with van der Waals surface area (Å²) in [6.07, 6.45) is 1.86. The van der Waals surface area contributed by atoms with Crippen LogP contribution in [0, 0.1) is 5.82 Å². The first-order valence-corrected chi connectivity index (χ1v) is 7.54. The van der Waals surface area contributed by atoms with E-state index in [4.69, 9.17) is 18.0 Å². The molecule has 0 saturated carbocycles. The van der Waals surface area contributed by atoms with Crippen molar-refractivity contribution in [2.24, 2.45) is 5.73 Å². The lowest BCUT2D eigenvalue weighted by Gasteiger charge is -2.40. The zero-order valence-corrected chi connectivity index (χ0v) is 12.7. The molecule has 0 aliphatic carbocycles. The van der Waals surface area contributed by atoms with Crippen LogP contribution in [0.1, 0.15) is 19.8 Å². The van der Waals surface area contributed by atoms with E-state index >= 15 is 0 Å². The number of piperazine rings is 1. The Labute approximate surface area is 125 Å². The molecule has 0 amide bonds. The molecule has 1 fully saturated rings. The van der Waals surface area contributed by atoms with E-state index in [-0.39, 0.29) is 5.82 Å². The van der Waals surface area contributed by atoms with Gasteiger partial charge in [0.15, 0.2) is 0 Å². The summed E-state index contributed by atoms with van der Waals surface area (Å²) >= 11 is 5.02. The van der Waals surface area contributed by atoms with Gasteiger partial charge in [-0.05, 0) is 30.7 Å². The zero-order chi connectivity index (χ0) is 14.5. The molecular weight excluding hydrogens is 273 g/mol. The third-order valence-electron chi connectivity index (χ3n) is 3.93. The van der Waals surface area contributed by atoms with E-state index in [1.807, 2.05) is 12.1 Å². The minimum absolute atomic E-state index is 0.185. The molecular formula is C15H22FN3S. The van der Waals surface area contributed by atoms with Crippen LogP contribution in [0.25, 0.3) is 0 Å². The first kappa shape index (κ1) is 15.2. The number of benzene rings is 1. The molecule has 1 heterocycles. The molecule has 1 aromatic rings. The average Bonchev–Trinajstić information content (AvgIpc) is 2.46. The van der Waals surface area contributed by atoms with Gasteiger partial charge >= 0.3 is 0 Å². The predicted molar refractivity (Wildman–Crippen MR) is 85.7 cm³/mol. The van der Waals surface area contributed by atoms with Gasteiger partial charge in [-0.1, -0.05) is 19.1 Å². The Kier molecular flexibility index (Phi) is 5.31. The van der Waals surface area contributed by atoms with Crippen LogP contribution in [0.4, 0.5) is 10.1 Å². The lowest BCUT2D eigenvalue weighted by Crippen LogP contribution is -2.51. The number of rotatable bonds is 5. The lowest BCUT2D eigenvalue weighted by atomic mass is 10.1. The van der Waals surface area contributed by atoms with Gasteiger partial charge in [-0.25, -0.2) is 4.39 Å². The molecule has 1 aliphatic heterocycles. The van der Waals surface area contributed by atoms with Gasteiger partial charge in [0.25, 0.3) is 0 Å². The zero-order valence-electron chi connectivity index (χ0n) is 11.9. The topological polar surface area (TPSA) is 32.5 Å². The standard InChI is InChI=1S/C15H22FN3S/c1-2-13(11-15(17)20)18-7-9-19(10-8-18)14-5-3-12(16)4-6-14/h3-6,13H,2,7-11H2,1H3,(H2,17,20). The summed E-state index contributed by atoms with van der Waals surface area (Å²) in [5.41, 5.74) is 6.76. The highest BCUT2D eigenvalue weighted by atomic mass is 32.1. The highest BCUT2D eigenvalue weighted by Gasteiger charge is 2.23. The van der Waals surface area contributed by atoms with Crippen LogP contribution in [0.5, 0.6) is 0 Å². The van der Waals surface area contributed by atoms with E-state index in [1.165, 1.54) is 12.1 Å². The molecule has 3 nitrogen and oxygen atoms in total. The molecule has 1 aromatic carbocycles. The van der Waals surface area contributed by atoms with Crippen LogP contribution in [-0.2, 0) is 0 Å². The second-order valence-electron chi connectivity index (χ2n) is 5.23. The van der Waals surface area contributed by atoms with Crippen molar-refractivity contribution in [2.45, 2.75) is 25.8 Å². The van der Waals surface area contributed by atoms with Crippen molar-refractivity contribution in [3.63, 3.8) is 0 Å². The van der Waals surface area contributed by atoms with E-state index in [9.17, 15) is 4.39 Å². The third kappa shape index (κ3) is 3.90. The minimum Gasteiger partial charge on any atom is -0.393 e. The number of hydrogen-bond acceptors (Lipinski definition) is 3. The van der Waals surface area contributed by atoms with Gasteiger partial charge in [0.2, 0.25) is 0 Å². The maximum Gasteiger partial charge on any atom is 0.123 e. The van der Waals surface area contributed by atoms with Gasteiger partial charge in [0.05, 0.1) is 4.99 Å². The number of thiocarbonyl (C=S) groups is 1. The molecule has 1 atom stereocenters. The van der Waals surface area contributed by atoms with Gasteiger partial charge in [0.1, 0.15) is 5.82 Å². The first-order chi connectivity index (χ1) is 9.60. The maximum absolute atomic E-state index is 12.9. The fraction of sp³-hybridized carbons (Fsp3) is 0.533. The van der Waals surface area contributed by atoms with E-state index in [0.717, 1.165) is 44.7 Å². The summed E-state index contributed by atoms with van der Waals surface area (Å²) in [4.78, 5) is 5.35. The molecule has 0 bridgehead atoms. The van der Waals surface area contributed by atoms with Crippen LogP contribution in [0.2, 0.25) is 0 Å². The van der Waals surface area contributed by atoms with Crippen molar-refractivity contribution in [1.82, 2.24) is 4.90 Å². The summed E-state index contributed by atoms with van der Waals surface area (Å²) in [6.45, 7) is 6.09. The van der Waals surface area contributed by atoms with Gasteiger partial charge in [0, 0.05) is 44.3 Å². The largest absolute Gasteiger partial charge is 0.393 e. The summed E-state index contributed by atoms with van der Waals surface area (Å²) in [6, 6.07) is 7.17. The normalized spacial score (nSPS) is 18.0. The number of halogens is 1. The summed E-state index contributed by atoms with van der Waals surface area (Å²) in [5, 5.41) is 0. The Balaban J connectivity index is 1.91. The van der Waals surface area contributed by atoms with Crippen molar-refractivity contribution in [3.05, 3.63) is 30.1 Å². The van der Waals surface area contributed by atoms with Gasteiger partial charge < -0.3 is 10.6 Å². The van der Waals surface area contributed by atoms with E-state index in [2.05, 4.69) is 16.7 Å². The summed E-state index contributed by atoms with van der Waals surface area (Å²) in [7, 11) is 0. The molecule has 0 radical (unpaired) electrons. The SMILES string of the molecule is CCC(CC(N)=S)N1CCN(c2ccc(F)cc2)CC1. The Bertz CT molecular complexity index is 441. The van der Waals surface area contributed by atoms with Crippen molar-refractivity contribution < 1.29 is 4.39 Å². The van der Waals surface area contributed by atoms with Crippen molar-refractivity contribution in [3.8, 4) is 0 Å². The van der Waals surface area contributed by atoms with Crippen LogP contribution in [-0.4, -0.2) is 42.1 Å². The molecule has 1 unspecified atom stereocenters. The molecule has 2 rings (SSSR count). The second-order valence-corrected chi connectivity index (χ2v) is 5.76. The molecule has 20 heavy (non-hydrogen) atoms. The molecule has 1 aliphatic rings. The molecule has 1 saturated heterocycles.